The molecule has 2 aromatic rings. The van der Waals surface area contributed by atoms with Crippen LogP contribution in [0, 0.1) is 5.92 Å². The van der Waals surface area contributed by atoms with Gasteiger partial charge in [0.1, 0.15) is 0 Å². The average molecular weight is 368 g/mol. The van der Waals surface area contributed by atoms with Crippen molar-refractivity contribution in [3.63, 3.8) is 0 Å². The van der Waals surface area contributed by atoms with Crippen LogP contribution in [0.1, 0.15) is 23.3 Å². The summed E-state index contributed by atoms with van der Waals surface area (Å²) in [5, 5.41) is 2.07. The van der Waals surface area contributed by atoms with Crippen LogP contribution in [0.15, 0.2) is 53.9 Å². The van der Waals surface area contributed by atoms with Gasteiger partial charge >= 0.3 is 0 Å². The predicted octanol–water partition coefficient (Wildman–Crippen LogP) is 3.09. The van der Waals surface area contributed by atoms with Crippen molar-refractivity contribution < 1.29 is 4.79 Å². The van der Waals surface area contributed by atoms with Crippen molar-refractivity contribution in [3.05, 3.63) is 64.4 Å². The van der Waals surface area contributed by atoms with Gasteiger partial charge in [-0.05, 0) is 29.9 Å². The van der Waals surface area contributed by atoms with Crippen LogP contribution in [0.5, 0.6) is 0 Å². The number of likely N-dealkylation sites (tertiary alicyclic amines) is 1. The van der Waals surface area contributed by atoms with E-state index in [1.54, 1.807) is 11.3 Å². The molecule has 0 saturated carbocycles. The number of hydrazine groups is 1. The second kappa shape index (κ2) is 8.16. The maximum Gasteiger partial charge on any atom is 0.222 e. The molecule has 4 rings (SSSR count). The van der Waals surface area contributed by atoms with E-state index in [2.05, 4.69) is 69.7 Å². The molecule has 0 aliphatic carbocycles. The Morgan fingerprint density at radius 1 is 1.19 bits per heavy atom. The van der Waals surface area contributed by atoms with Crippen molar-refractivity contribution >= 4 is 23.3 Å². The molecule has 0 radical (unpaired) electrons. The van der Waals surface area contributed by atoms with Crippen LogP contribution in [0.3, 0.4) is 0 Å². The van der Waals surface area contributed by atoms with Gasteiger partial charge < -0.3 is 4.90 Å². The number of amides is 1. The Hall–Kier alpha value is -1.95. The quantitative estimate of drug-likeness (QED) is 0.854. The maximum atomic E-state index is 12.6. The predicted molar refractivity (Wildman–Crippen MR) is 107 cm³/mol. The van der Waals surface area contributed by atoms with E-state index in [0.29, 0.717) is 18.4 Å². The standard InChI is InChI=1S/C21H25N3OS/c25-21(11-9-17-7-4-14-26-17)24-13-12-20-18(15-24)19(22-23-20)10-8-16-5-2-1-3-6-16/h1-8,10,14,18-20,22-23H,9,11-13,15H2/b10-8+. The van der Waals surface area contributed by atoms with E-state index in [0.717, 1.165) is 25.9 Å². The smallest absolute Gasteiger partial charge is 0.222 e. The number of piperidine rings is 1. The fraction of sp³-hybridized carbons (Fsp3) is 0.381. The molecule has 2 fully saturated rings. The second-order valence-electron chi connectivity index (χ2n) is 7.06. The minimum atomic E-state index is 0.258. The molecule has 3 unspecified atom stereocenters. The molecular weight excluding hydrogens is 342 g/mol. The molecule has 136 valence electrons. The third-order valence-electron chi connectivity index (χ3n) is 5.37. The third-order valence-corrected chi connectivity index (χ3v) is 6.30. The van der Waals surface area contributed by atoms with Gasteiger partial charge in [0.05, 0.1) is 0 Å². The van der Waals surface area contributed by atoms with Crippen molar-refractivity contribution in [1.29, 1.82) is 0 Å². The van der Waals surface area contributed by atoms with E-state index in [1.807, 2.05) is 6.07 Å². The van der Waals surface area contributed by atoms with Crippen molar-refractivity contribution in [3.8, 4) is 0 Å². The highest BCUT2D eigenvalue weighted by molar-refractivity contribution is 7.09. The first kappa shape index (κ1) is 17.5. The summed E-state index contributed by atoms with van der Waals surface area (Å²) < 4.78 is 0. The number of fused-ring (bicyclic) bond motifs is 1. The van der Waals surface area contributed by atoms with Crippen molar-refractivity contribution in [2.45, 2.75) is 31.3 Å². The normalized spacial score (nSPS) is 25.5. The summed E-state index contributed by atoms with van der Waals surface area (Å²) in [6.07, 6.45) is 6.88. The Morgan fingerprint density at radius 2 is 2.08 bits per heavy atom. The van der Waals surface area contributed by atoms with Gasteiger partial charge in [-0.15, -0.1) is 11.3 Å². The first-order valence-electron chi connectivity index (χ1n) is 9.34. The second-order valence-corrected chi connectivity index (χ2v) is 8.09. The fourth-order valence-electron chi connectivity index (χ4n) is 3.87. The lowest BCUT2D eigenvalue weighted by molar-refractivity contribution is -0.133. The van der Waals surface area contributed by atoms with Gasteiger partial charge in [0.15, 0.2) is 0 Å². The first-order chi connectivity index (χ1) is 12.8. The third kappa shape index (κ3) is 4.06. The van der Waals surface area contributed by atoms with Crippen LogP contribution in [-0.2, 0) is 11.2 Å². The Kier molecular flexibility index (Phi) is 5.48. The van der Waals surface area contributed by atoms with Crippen LogP contribution in [0.25, 0.3) is 6.08 Å². The van der Waals surface area contributed by atoms with Crippen molar-refractivity contribution in [2.75, 3.05) is 13.1 Å². The lowest BCUT2D eigenvalue weighted by Crippen LogP contribution is -2.48. The first-order valence-corrected chi connectivity index (χ1v) is 10.2. The van der Waals surface area contributed by atoms with Gasteiger partial charge in [0, 0.05) is 42.4 Å². The molecule has 1 aromatic carbocycles. The SMILES string of the molecule is O=C(CCc1cccs1)N1CCC2NNC(/C=C/c3ccccc3)C2C1. The molecule has 3 atom stereocenters. The van der Waals surface area contributed by atoms with E-state index in [1.165, 1.54) is 10.4 Å². The van der Waals surface area contributed by atoms with Gasteiger partial charge in [0.2, 0.25) is 5.91 Å². The minimum absolute atomic E-state index is 0.258. The van der Waals surface area contributed by atoms with Crippen LogP contribution in [0.2, 0.25) is 0 Å². The number of nitrogens with one attached hydrogen (secondary N) is 2. The van der Waals surface area contributed by atoms with Gasteiger partial charge in [-0.2, -0.15) is 0 Å². The largest absolute Gasteiger partial charge is 0.342 e. The summed E-state index contributed by atoms with van der Waals surface area (Å²) in [5.41, 5.74) is 8.04. The van der Waals surface area contributed by atoms with Gasteiger partial charge in [0.25, 0.3) is 0 Å². The zero-order valence-corrected chi connectivity index (χ0v) is 15.6. The molecule has 5 heteroatoms. The summed E-state index contributed by atoms with van der Waals surface area (Å²) in [6.45, 7) is 1.69. The Morgan fingerprint density at radius 3 is 2.88 bits per heavy atom. The molecule has 0 spiro atoms. The molecule has 1 aromatic heterocycles. The number of carbonyl (C=O) groups excluding carboxylic acids is 1. The number of carbonyl (C=O) groups is 1. The zero-order chi connectivity index (χ0) is 17.8. The number of hydrogen-bond acceptors (Lipinski definition) is 4. The summed E-state index contributed by atoms with van der Waals surface area (Å²) in [4.78, 5) is 16.0. The summed E-state index contributed by atoms with van der Waals surface area (Å²) in [6, 6.07) is 15.2. The van der Waals surface area contributed by atoms with Gasteiger partial charge in [-0.25, -0.2) is 0 Å². The number of nitrogens with zero attached hydrogens (tertiary/aromatic N) is 1. The molecule has 3 heterocycles. The van der Waals surface area contributed by atoms with Crippen molar-refractivity contribution in [1.82, 2.24) is 15.8 Å². The van der Waals surface area contributed by atoms with Crippen LogP contribution in [0.4, 0.5) is 0 Å². The van der Waals surface area contributed by atoms with Crippen LogP contribution in [-0.4, -0.2) is 36.0 Å². The van der Waals surface area contributed by atoms with E-state index in [9.17, 15) is 4.79 Å². The number of thiophene rings is 1. The van der Waals surface area contributed by atoms with Gasteiger partial charge in [-0.3, -0.25) is 15.6 Å². The van der Waals surface area contributed by atoms with Gasteiger partial charge in [-0.1, -0.05) is 48.6 Å². The molecule has 4 nitrogen and oxygen atoms in total. The average Bonchev–Trinajstić information content (AvgIpc) is 3.34. The molecule has 26 heavy (non-hydrogen) atoms. The number of rotatable bonds is 5. The Labute approximate surface area is 158 Å². The van der Waals surface area contributed by atoms with E-state index >= 15 is 0 Å². The molecule has 0 bridgehead atoms. The monoisotopic (exact) mass is 367 g/mol. The molecule has 2 aliphatic heterocycles. The number of benzene rings is 1. The lowest BCUT2D eigenvalue weighted by Gasteiger charge is -2.35. The number of hydrogen-bond donors (Lipinski definition) is 2. The molecular formula is C21H25N3OS. The fourth-order valence-corrected chi connectivity index (χ4v) is 4.58. The molecule has 2 saturated heterocycles. The summed E-state index contributed by atoms with van der Waals surface area (Å²) in [7, 11) is 0. The lowest BCUT2D eigenvalue weighted by atomic mass is 9.88. The minimum Gasteiger partial charge on any atom is -0.342 e. The van der Waals surface area contributed by atoms with Crippen LogP contribution < -0.4 is 10.9 Å². The van der Waals surface area contributed by atoms with E-state index < -0.39 is 0 Å². The highest BCUT2D eigenvalue weighted by atomic mass is 32.1. The maximum absolute atomic E-state index is 12.6. The summed E-state index contributed by atoms with van der Waals surface area (Å²) >= 11 is 1.73. The summed E-state index contributed by atoms with van der Waals surface area (Å²) in [5.74, 6) is 0.712. The zero-order valence-electron chi connectivity index (χ0n) is 14.8. The molecule has 1 amide bonds. The van der Waals surface area contributed by atoms with Crippen molar-refractivity contribution in [2.24, 2.45) is 5.92 Å². The molecule has 2 aliphatic rings. The Balaban J connectivity index is 1.35. The Bertz CT molecular complexity index is 744. The van der Waals surface area contributed by atoms with E-state index in [4.69, 9.17) is 0 Å². The highest BCUT2D eigenvalue weighted by Crippen LogP contribution is 2.26. The number of aryl methyl sites for hydroxylation is 1. The van der Waals surface area contributed by atoms with Crippen LogP contribution >= 0.6 is 11.3 Å². The molecule has 2 N–H and O–H groups in total. The highest BCUT2D eigenvalue weighted by Gasteiger charge is 2.39. The topological polar surface area (TPSA) is 44.4 Å². The van der Waals surface area contributed by atoms with E-state index in [-0.39, 0.29) is 11.9 Å².